The molecule has 0 fully saturated rings. The smallest absolute Gasteiger partial charge is 0.263 e. The number of carbonyl (C=O) groups excluding carboxylic acids is 1. The van der Waals surface area contributed by atoms with Gasteiger partial charge in [-0.2, -0.15) is 0 Å². The lowest BCUT2D eigenvalue weighted by Crippen LogP contribution is -2.29. The summed E-state index contributed by atoms with van der Waals surface area (Å²) in [6.45, 7) is 5.84. The molecule has 8 heteroatoms. The van der Waals surface area contributed by atoms with Crippen LogP contribution in [-0.2, 0) is 7.05 Å². The average Bonchev–Trinajstić information content (AvgIpc) is 3.33. The van der Waals surface area contributed by atoms with Crippen molar-refractivity contribution in [1.82, 2.24) is 24.3 Å². The highest BCUT2D eigenvalue weighted by molar-refractivity contribution is 6.03. The molecule has 0 spiro atoms. The third kappa shape index (κ3) is 4.64. The second-order valence-corrected chi connectivity index (χ2v) is 8.06. The highest BCUT2D eigenvalue weighted by atomic mass is 16.2. The summed E-state index contributed by atoms with van der Waals surface area (Å²) in [6, 6.07) is 16.4. The van der Waals surface area contributed by atoms with E-state index in [1.54, 1.807) is 38.5 Å². The second kappa shape index (κ2) is 9.55. The van der Waals surface area contributed by atoms with Gasteiger partial charge in [0.25, 0.3) is 11.5 Å². The molecule has 0 unspecified atom stereocenters. The van der Waals surface area contributed by atoms with Crippen molar-refractivity contribution in [1.29, 1.82) is 0 Å². The Bertz CT molecular complexity index is 1470. The molecule has 0 radical (unpaired) electrons. The molecule has 1 N–H and O–H groups in total. The number of benzene rings is 1. The van der Waals surface area contributed by atoms with Gasteiger partial charge in [-0.15, -0.1) is 10.2 Å². The molecule has 0 saturated heterocycles. The first-order valence-corrected chi connectivity index (χ1v) is 10.8. The number of hydrogen-bond acceptors (Lipinski definition) is 5. The zero-order chi connectivity index (χ0) is 24.2. The molecule has 1 aromatic carbocycles. The van der Waals surface area contributed by atoms with Crippen LogP contribution in [0.25, 0.3) is 11.5 Å². The van der Waals surface area contributed by atoms with Crippen molar-refractivity contribution in [2.75, 3.05) is 5.32 Å². The zero-order valence-corrected chi connectivity index (χ0v) is 19.4. The van der Waals surface area contributed by atoms with Gasteiger partial charge in [0, 0.05) is 29.9 Å². The van der Waals surface area contributed by atoms with Gasteiger partial charge in [-0.3, -0.25) is 9.59 Å². The maximum atomic E-state index is 13.1. The van der Waals surface area contributed by atoms with E-state index >= 15 is 0 Å². The first-order chi connectivity index (χ1) is 16.3. The maximum absolute atomic E-state index is 13.1. The molecule has 1 amide bonds. The van der Waals surface area contributed by atoms with E-state index in [9.17, 15) is 9.59 Å². The molecule has 0 atom stereocenters. The number of anilines is 1. The molecule has 0 aliphatic rings. The van der Waals surface area contributed by atoms with E-state index in [1.165, 1.54) is 10.6 Å². The molecule has 0 saturated carbocycles. The molecule has 4 rings (SSSR count). The van der Waals surface area contributed by atoms with Crippen LogP contribution < -0.4 is 10.9 Å². The number of pyridine rings is 2. The van der Waals surface area contributed by atoms with Gasteiger partial charge in [-0.25, -0.2) is 4.98 Å². The summed E-state index contributed by atoms with van der Waals surface area (Å²) in [7, 11) is 1.62. The molecule has 3 heterocycles. The zero-order valence-electron chi connectivity index (χ0n) is 19.4. The van der Waals surface area contributed by atoms with Gasteiger partial charge >= 0.3 is 0 Å². The van der Waals surface area contributed by atoms with Gasteiger partial charge in [0.05, 0.1) is 0 Å². The molecule has 34 heavy (non-hydrogen) atoms. The van der Waals surface area contributed by atoms with Crippen molar-refractivity contribution >= 4 is 11.7 Å². The van der Waals surface area contributed by atoms with E-state index in [0.717, 1.165) is 5.56 Å². The summed E-state index contributed by atoms with van der Waals surface area (Å²) in [5.41, 5.74) is 2.27. The number of hydrogen-bond donors (Lipinski definition) is 1. The van der Waals surface area contributed by atoms with Crippen molar-refractivity contribution in [2.45, 2.75) is 26.8 Å². The van der Waals surface area contributed by atoms with Crippen molar-refractivity contribution in [3.8, 4) is 23.4 Å². The van der Waals surface area contributed by atoms with Gasteiger partial charge in [-0.05, 0) is 51.1 Å². The molecular weight excluding hydrogens is 428 g/mol. The highest BCUT2D eigenvalue weighted by Gasteiger charge is 2.17. The Balaban J connectivity index is 1.65. The molecule has 8 nitrogen and oxygen atoms in total. The lowest BCUT2D eigenvalue weighted by Gasteiger charge is -2.12. The Morgan fingerprint density at radius 1 is 1.06 bits per heavy atom. The van der Waals surface area contributed by atoms with Crippen molar-refractivity contribution in [3.05, 3.63) is 93.7 Å². The van der Waals surface area contributed by atoms with Gasteiger partial charge in [0.15, 0.2) is 5.82 Å². The van der Waals surface area contributed by atoms with Crippen LogP contribution in [0.3, 0.4) is 0 Å². The standard InChI is InChI=1S/C26H24N6O2/c1-17(2)32-16-27-30-24(32)22-11-8-12-23(28-22)29-25(33)21-15-20(18(3)31(4)26(21)34)14-13-19-9-6-5-7-10-19/h5-12,15-17H,1-4H3,(H,28,29,33). The molecule has 0 aliphatic heterocycles. The fourth-order valence-corrected chi connectivity index (χ4v) is 3.39. The fourth-order valence-electron chi connectivity index (χ4n) is 3.39. The van der Waals surface area contributed by atoms with Gasteiger partial charge < -0.3 is 14.5 Å². The van der Waals surface area contributed by atoms with Crippen LogP contribution in [0, 0.1) is 18.8 Å². The summed E-state index contributed by atoms with van der Waals surface area (Å²) >= 11 is 0. The van der Waals surface area contributed by atoms with Crippen LogP contribution in [0.5, 0.6) is 0 Å². The van der Waals surface area contributed by atoms with E-state index in [1.807, 2.05) is 48.7 Å². The van der Waals surface area contributed by atoms with E-state index in [-0.39, 0.29) is 11.6 Å². The molecule has 170 valence electrons. The van der Waals surface area contributed by atoms with Gasteiger partial charge in [-0.1, -0.05) is 36.1 Å². The Hall–Kier alpha value is -4.51. The third-order valence-electron chi connectivity index (χ3n) is 5.43. The highest BCUT2D eigenvalue weighted by Crippen LogP contribution is 2.20. The van der Waals surface area contributed by atoms with Crippen molar-refractivity contribution < 1.29 is 4.79 Å². The Morgan fingerprint density at radius 3 is 2.56 bits per heavy atom. The summed E-state index contributed by atoms with van der Waals surface area (Å²) in [6.07, 6.45) is 1.64. The Kier molecular flexibility index (Phi) is 6.37. The van der Waals surface area contributed by atoms with Crippen LogP contribution in [0.15, 0.2) is 65.7 Å². The fraction of sp³-hybridized carbons (Fsp3) is 0.192. The molecule has 4 aromatic rings. The van der Waals surface area contributed by atoms with E-state index < -0.39 is 11.5 Å². The summed E-state index contributed by atoms with van der Waals surface area (Å²) in [5, 5.41) is 10.8. The largest absolute Gasteiger partial charge is 0.314 e. The lowest BCUT2D eigenvalue weighted by atomic mass is 10.1. The normalized spacial score (nSPS) is 10.6. The maximum Gasteiger partial charge on any atom is 0.263 e. The van der Waals surface area contributed by atoms with Gasteiger partial charge in [0.2, 0.25) is 0 Å². The first-order valence-electron chi connectivity index (χ1n) is 10.8. The molecular formula is C26H24N6O2. The van der Waals surface area contributed by atoms with Crippen LogP contribution in [0.1, 0.15) is 47.1 Å². The van der Waals surface area contributed by atoms with Crippen LogP contribution in [0.2, 0.25) is 0 Å². The minimum absolute atomic E-state index is 0.0111. The minimum Gasteiger partial charge on any atom is -0.314 e. The van der Waals surface area contributed by atoms with Crippen molar-refractivity contribution in [3.63, 3.8) is 0 Å². The predicted molar refractivity (Wildman–Crippen MR) is 130 cm³/mol. The number of amides is 1. The first kappa shape index (κ1) is 22.7. The van der Waals surface area contributed by atoms with Crippen LogP contribution in [0.4, 0.5) is 5.82 Å². The number of nitrogens with one attached hydrogen (secondary N) is 1. The number of carbonyl (C=O) groups is 1. The van der Waals surface area contributed by atoms with E-state index in [0.29, 0.717) is 28.6 Å². The van der Waals surface area contributed by atoms with Crippen molar-refractivity contribution in [2.24, 2.45) is 7.05 Å². The SMILES string of the molecule is Cc1c(C#Cc2ccccc2)cc(C(=O)Nc2cccc(-c3nncn3C(C)C)n2)c(=O)n1C. The summed E-state index contributed by atoms with van der Waals surface area (Å²) < 4.78 is 3.32. The van der Waals surface area contributed by atoms with E-state index in [4.69, 9.17) is 0 Å². The molecule has 0 bridgehead atoms. The second-order valence-electron chi connectivity index (χ2n) is 8.06. The Morgan fingerprint density at radius 2 is 1.82 bits per heavy atom. The number of rotatable bonds is 4. The number of nitrogens with zero attached hydrogens (tertiary/aromatic N) is 5. The minimum atomic E-state index is -0.557. The van der Waals surface area contributed by atoms with Crippen LogP contribution in [-0.4, -0.2) is 30.2 Å². The predicted octanol–water partition coefficient (Wildman–Crippen LogP) is 3.58. The van der Waals surface area contributed by atoms with E-state index in [2.05, 4.69) is 32.3 Å². The van der Waals surface area contributed by atoms with Gasteiger partial charge in [0.1, 0.15) is 23.4 Å². The third-order valence-corrected chi connectivity index (χ3v) is 5.43. The molecule has 0 aliphatic carbocycles. The summed E-state index contributed by atoms with van der Waals surface area (Å²) in [5.74, 6) is 6.50. The quantitative estimate of drug-likeness (QED) is 0.478. The lowest BCUT2D eigenvalue weighted by molar-refractivity contribution is 0.102. The Labute approximate surface area is 197 Å². The topological polar surface area (TPSA) is 94.7 Å². The van der Waals surface area contributed by atoms with Crippen LogP contribution >= 0.6 is 0 Å². The monoisotopic (exact) mass is 452 g/mol. The number of aromatic nitrogens is 5. The summed E-state index contributed by atoms with van der Waals surface area (Å²) in [4.78, 5) is 30.4. The average molecular weight is 453 g/mol. The molecule has 3 aromatic heterocycles.